The normalized spacial score (nSPS) is 14.9. The molecular weight excluding hydrogens is 275 g/mol. The number of nitrogens with zero attached hydrogens (tertiary/aromatic N) is 1. The summed E-state index contributed by atoms with van der Waals surface area (Å²) in [5, 5.41) is 3.48. The molecule has 0 fully saturated rings. The van der Waals surface area contributed by atoms with E-state index in [9.17, 15) is 9.18 Å². The highest BCUT2D eigenvalue weighted by Crippen LogP contribution is 2.20. The highest BCUT2D eigenvalue weighted by Gasteiger charge is 2.09. The van der Waals surface area contributed by atoms with E-state index < -0.39 is 5.82 Å². The fourth-order valence-corrected chi connectivity index (χ4v) is 2.34. The van der Waals surface area contributed by atoms with Crippen LogP contribution in [-0.4, -0.2) is 23.4 Å². The third kappa shape index (κ3) is 3.34. The molecule has 1 amide bonds. The maximum Gasteiger partial charge on any atom is 0.249 e. The van der Waals surface area contributed by atoms with Crippen LogP contribution < -0.4 is 5.32 Å². The summed E-state index contributed by atoms with van der Waals surface area (Å²) >= 11 is 7.32. The van der Waals surface area contributed by atoms with E-state index in [2.05, 4.69) is 10.3 Å². The zero-order chi connectivity index (χ0) is 13.0. The van der Waals surface area contributed by atoms with Crippen molar-refractivity contribution in [2.45, 2.75) is 0 Å². The molecule has 1 aliphatic rings. The van der Waals surface area contributed by atoms with E-state index in [-0.39, 0.29) is 16.5 Å². The summed E-state index contributed by atoms with van der Waals surface area (Å²) in [5.41, 5.74) is 0.204. The summed E-state index contributed by atoms with van der Waals surface area (Å²) < 4.78 is 13.4. The Labute approximate surface area is 113 Å². The van der Waals surface area contributed by atoms with Crippen LogP contribution in [0.2, 0.25) is 5.02 Å². The number of nitrogens with one attached hydrogen (secondary N) is 1. The van der Waals surface area contributed by atoms with Crippen LogP contribution in [0.4, 0.5) is 4.39 Å². The van der Waals surface area contributed by atoms with Crippen molar-refractivity contribution in [2.75, 3.05) is 12.3 Å². The fourth-order valence-electron chi connectivity index (χ4n) is 1.39. The molecule has 0 radical (unpaired) electrons. The van der Waals surface area contributed by atoms with E-state index >= 15 is 0 Å². The number of amides is 1. The Morgan fingerprint density at radius 3 is 3.06 bits per heavy atom. The number of halogens is 2. The molecule has 0 saturated heterocycles. The first-order chi connectivity index (χ1) is 8.66. The van der Waals surface area contributed by atoms with Crippen LogP contribution in [-0.2, 0) is 4.79 Å². The largest absolute Gasteiger partial charge is 0.302 e. The highest BCUT2D eigenvalue weighted by atomic mass is 35.5. The summed E-state index contributed by atoms with van der Waals surface area (Å²) in [6.07, 6.45) is 2.60. The van der Waals surface area contributed by atoms with E-state index in [0.29, 0.717) is 11.7 Å². The first kappa shape index (κ1) is 13.1. The van der Waals surface area contributed by atoms with Gasteiger partial charge < -0.3 is 5.32 Å². The van der Waals surface area contributed by atoms with Gasteiger partial charge in [-0.3, -0.25) is 9.79 Å². The Bertz CT molecular complexity index is 511. The molecule has 0 bridgehead atoms. The average molecular weight is 285 g/mol. The van der Waals surface area contributed by atoms with Gasteiger partial charge in [-0.1, -0.05) is 29.4 Å². The van der Waals surface area contributed by atoms with Gasteiger partial charge in [0.15, 0.2) is 5.17 Å². The molecule has 3 nitrogen and oxygen atoms in total. The predicted octanol–water partition coefficient (Wildman–Crippen LogP) is 2.71. The molecule has 0 unspecified atom stereocenters. The van der Waals surface area contributed by atoms with Crippen molar-refractivity contribution in [3.05, 3.63) is 40.7 Å². The Kier molecular flexibility index (Phi) is 4.38. The maximum atomic E-state index is 13.4. The summed E-state index contributed by atoms with van der Waals surface area (Å²) in [7, 11) is 0. The second-order valence-corrected chi connectivity index (χ2v) is 4.98. The Balaban J connectivity index is 2.04. The number of carbonyl (C=O) groups is 1. The molecule has 0 saturated carbocycles. The minimum Gasteiger partial charge on any atom is -0.302 e. The van der Waals surface area contributed by atoms with Gasteiger partial charge in [-0.25, -0.2) is 4.39 Å². The molecular formula is C12H10ClFN2OS. The second kappa shape index (κ2) is 6.02. The number of hydrogen-bond donors (Lipinski definition) is 1. The lowest BCUT2D eigenvalue weighted by Crippen LogP contribution is -2.25. The van der Waals surface area contributed by atoms with Crippen molar-refractivity contribution in [3.63, 3.8) is 0 Å². The minimum atomic E-state index is -0.459. The van der Waals surface area contributed by atoms with Crippen LogP contribution in [0.1, 0.15) is 5.56 Å². The average Bonchev–Trinajstić information content (AvgIpc) is 2.81. The molecule has 0 aliphatic carbocycles. The molecule has 0 aromatic heterocycles. The highest BCUT2D eigenvalue weighted by molar-refractivity contribution is 8.14. The Morgan fingerprint density at radius 2 is 2.39 bits per heavy atom. The molecule has 1 aliphatic heterocycles. The quantitative estimate of drug-likeness (QED) is 0.849. The van der Waals surface area contributed by atoms with Gasteiger partial charge in [0.1, 0.15) is 5.82 Å². The summed E-state index contributed by atoms with van der Waals surface area (Å²) in [6.45, 7) is 0.711. The third-order valence-electron chi connectivity index (χ3n) is 2.22. The third-order valence-corrected chi connectivity index (χ3v) is 3.44. The monoisotopic (exact) mass is 284 g/mol. The van der Waals surface area contributed by atoms with Gasteiger partial charge in [0, 0.05) is 17.4 Å². The zero-order valence-electron chi connectivity index (χ0n) is 9.32. The lowest BCUT2D eigenvalue weighted by molar-refractivity contribution is -0.115. The first-order valence-corrected chi connectivity index (χ1v) is 6.63. The standard InChI is InChI=1S/C12H10ClFN2OS/c13-9-2-1-3-10(14)8(9)4-5-11(17)16-12-15-6-7-18-12/h1-5H,6-7H2,(H,15,16,17)/b5-4+. The van der Waals surface area contributed by atoms with Gasteiger partial charge >= 0.3 is 0 Å². The molecule has 0 atom stereocenters. The molecule has 1 heterocycles. The van der Waals surface area contributed by atoms with Gasteiger partial charge in [0.05, 0.1) is 11.6 Å². The van der Waals surface area contributed by atoms with Crippen molar-refractivity contribution in [1.82, 2.24) is 5.32 Å². The van der Waals surface area contributed by atoms with Crippen LogP contribution >= 0.6 is 23.4 Å². The van der Waals surface area contributed by atoms with E-state index in [1.54, 1.807) is 6.07 Å². The van der Waals surface area contributed by atoms with Gasteiger partial charge in [-0.15, -0.1) is 0 Å². The van der Waals surface area contributed by atoms with Crippen LogP contribution in [0.25, 0.3) is 6.08 Å². The summed E-state index contributed by atoms with van der Waals surface area (Å²) in [5.74, 6) is 0.0694. The lowest BCUT2D eigenvalue weighted by atomic mass is 10.2. The number of benzene rings is 1. The van der Waals surface area contributed by atoms with E-state index in [1.807, 2.05) is 0 Å². The van der Waals surface area contributed by atoms with Crippen LogP contribution in [0, 0.1) is 5.82 Å². The minimum absolute atomic E-state index is 0.204. The fraction of sp³-hybridized carbons (Fsp3) is 0.167. The SMILES string of the molecule is O=C(/C=C/c1c(F)cccc1Cl)NC1=NCCS1. The van der Waals surface area contributed by atoms with Crippen LogP contribution in [0.5, 0.6) is 0 Å². The number of hydrogen-bond acceptors (Lipinski definition) is 3. The molecule has 1 aromatic rings. The van der Waals surface area contributed by atoms with Crippen molar-refractivity contribution in [3.8, 4) is 0 Å². The van der Waals surface area contributed by atoms with Crippen molar-refractivity contribution in [1.29, 1.82) is 0 Å². The number of carbonyl (C=O) groups excluding carboxylic acids is 1. The second-order valence-electron chi connectivity index (χ2n) is 3.49. The molecule has 0 spiro atoms. The zero-order valence-corrected chi connectivity index (χ0v) is 10.9. The Morgan fingerprint density at radius 1 is 1.56 bits per heavy atom. The molecule has 2 rings (SSSR count). The van der Waals surface area contributed by atoms with E-state index in [4.69, 9.17) is 11.6 Å². The van der Waals surface area contributed by atoms with Crippen molar-refractivity contribution in [2.24, 2.45) is 4.99 Å². The van der Waals surface area contributed by atoms with Gasteiger partial charge in [0.25, 0.3) is 0 Å². The van der Waals surface area contributed by atoms with Gasteiger partial charge in [-0.2, -0.15) is 0 Å². The maximum absolute atomic E-state index is 13.4. The number of rotatable bonds is 2. The molecule has 18 heavy (non-hydrogen) atoms. The van der Waals surface area contributed by atoms with Gasteiger partial charge in [0.2, 0.25) is 5.91 Å². The van der Waals surface area contributed by atoms with Crippen LogP contribution in [0.3, 0.4) is 0 Å². The number of amidine groups is 1. The Hall–Kier alpha value is -1.33. The van der Waals surface area contributed by atoms with E-state index in [1.165, 1.54) is 36.0 Å². The van der Waals surface area contributed by atoms with E-state index in [0.717, 1.165) is 5.75 Å². The van der Waals surface area contributed by atoms with Crippen LogP contribution in [0.15, 0.2) is 29.3 Å². The molecule has 6 heteroatoms. The predicted molar refractivity (Wildman–Crippen MR) is 73.3 cm³/mol. The topological polar surface area (TPSA) is 41.5 Å². The van der Waals surface area contributed by atoms with Crippen molar-refractivity contribution >= 4 is 40.5 Å². The molecule has 1 N–H and O–H groups in total. The lowest BCUT2D eigenvalue weighted by Gasteiger charge is -2.01. The first-order valence-electron chi connectivity index (χ1n) is 5.27. The number of thioether (sulfide) groups is 1. The number of aliphatic imine (C=N–C) groups is 1. The summed E-state index contributed by atoms with van der Waals surface area (Å²) in [6, 6.07) is 4.37. The van der Waals surface area contributed by atoms with Gasteiger partial charge in [-0.05, 0) is 18.2 Å². The smallest absolute Gasteiger partial charge is 0.249 e. The molecule has 94 valence electrons. The summed E-state index contributed by atoms with van der Waals surface area (Å²) in [4.78, 5) is 15.6. The van der Waals surface area contributed by atoms with Crippen molar-refractivity contribution < 1.29 is 9.18 Å². The molecule has 1 aromatic carbocycles.